The highest BCUT2D eigenvalue weighted by Gasteiger charge is 2.28. The maximum Gasteiger partial charge on any atom is 0.243 e. The molecule has 2 N–H and O–H groups in total. The lowest BCUT2D eigenvalue weighted by Gasteiger charge is -2.29. The van der Waals surface area contributed by atoms with Crippen LogP contribution in [0.15, 0.2) is 23.1 Å². The molecule has 0 aromatic heterocycles. The number of halogens is 1. The van der Waals surface area contributed by atoms with Gasteiger partial charge >= 0.3 is 0 Å². The Morgan fingerprint density at radius 2 is 1.71 bits per heavy atom. The molecule has 1 saturated heterocycles. The van der Waals surface area contributed by atoms with E-state index in [0.29, 0.717) is 37.4 Å². The molecule has 21 heavy (non-hydrogen) atoms. The minimum atomic E-state index is -3.50. The molecule has 8 heteroatoms. The first-order chi connectivity index (χ1) is 9.48. The number of hydrogen-bond donors (Lipinski definition) is 1. The van der Waals surface area contributed by atoms with E-state index in [1.54, 1.807) is 6.07 Å². The van der Waals surface area contributed by atoms with Gasteiger partial charge in [-0.1, -0.05) is 0 Å². The minimum absolute atomic E-state index is 0. The smallest absolute Gasteiger partial charge is 0.243 e. The van der Waals surface area contributed by atoms with Gasteiger partial charge in [0.15, 0.2) is 11.5 Å². The Bertz CT molecular complexity index is 572. The fraction of sp³-hybridized carbons (Fsp3) is 0.538. The molecule has 6 nitrogen and oxygen atoms in total. The van der Waals surface area contributed by atoms with Gasteiger partial charge in [-0.05, 0) is 25.0 Å². The molecule has 0 radical (unpaired) electrons. The van der Waals surface area contributed by atoms with Crippen LogP contribution in [0.25, 0.3) is 0 Å². The van der Waals surface area contributed by atoms with Crippen LogP contribution in [0.5, 0.6) is 11.5 Å². The van der Waals surface area contributed by atoms with E-state index in [1.807, 2.05) is 0 Å². The van der Waals surface area contributed by atoms with Gasteiger partial charge in [-0.15, -0.1) is 12.4 Å². The predicted octanol–water partition coefficient (Wildman–Crippen LogP) is 1.24. The number of hydrogen-bond acceptors (Lipinski definition) is 5. The second kappa shape index (κ2) is 7.31. The molecule has 0 saturated carbocycles. The van der Waals surface area contributed by atoms with E-state index in [-0.39, 0.29) is 23.3 Å². The molecule has 1 aliphatic heterocycles. The van der Waals surface area contributed by atoms with Crippen LogP contribution >= 0.6 is 12.4 Å². The zero-order chi connectivity index (χ0) is 14.8. The Balaban J connectivity index is 0.00000220. The molecule has 1 aromatic carbocycles. The zero-order valence-corrected chi connectivity index (χ0v) is 13.7. The average Bonchev–Trinajstić information content (AvgIpc) is 2.46. The summed E-state index contributed by atoms with van der Waals surface area (Å²) in [6.07, 6.45) is 1.37. The molecule has 0 atom stereocenters. The molecule has 0 spiro atoms. The van der Waals surface area contributed by atoms with Gasteiger partial charge in [-0.2, -0.15) is 4.31 Å². The number of nitrogens with two attached hydrogens (primary N) is 1. The monoisotopic (exact) mass is 336 g/mol. The Hall–Kier alpha value is -1.02. The molecule has 0 amide bonds. The maximum atomic E-state index is 12.6. The van der Waals surface area contributed by atoms with Crippen molar-refractivity contribution in [2.24, 2.45) is 5.73 Å². The van der Waals surface area contributed by atoms with Crippen molar-refractivity contribution >= 4 is 22.4 Å². The van der Waals surface area contributed by atoms with Crippen molar-refractivity contribution < 1.29 is 17.9 Å². The molecular formula is C13H21ClN2O4S. The summed E-state index contributed by atoms with van der Waals surface area (Å²) >= 11 is 0. The summed E-state index contributed by atoms with van der Waals surface area (Å²) in [4.78, 5) is 0.214. The van der Waals surface area contributed by atoms with Crippen LogP contribution in [0, 0.1) is 0 Å². The highest BCUT2D eigenvalue weighted by molar-refractivity contribution is 7.89. The van der Waals surface area contributed by atoms with E-state index in [4.69, 9.17) is 15.2 Å². The van der Waals surface area contributed by atoms with Crippen LogP contribution in [0.4, 0.5) is 0 Å². The summed E-state index contributed by atoms with van der Waals surface area (Å²) in [5.41, 5.74) is 5.80. The van der Waals surface area contributed by atoms with E-state index >= 15 is 0 Å². The number of methoxy groups -OCH3 is 2. The van der Waals surface area contributed by atoms with Crippen molar-refractivity contribution in [3.05, 3.63) is 18.2 Å². The largest absolute Gasteiger partial charge is 0.493 e. The predicted molar refractivity (Wildman–Crippen MR) is 82.8 cm³/mol. The summed E-state index contributed by atoms with van der Waals surface area (Å²) in [5.74, 6) is 0.911. The quantitative estimate of drug-likeness (QED) is 0.894. The van der Waals surface area contributed by atoms with Crippen LogP contribution in [-0.4, -0.2) is 46.1 Å². The van der Waals surface area contributed by atoms with Crippen LogP contribution in [0.1, 0.15) is 12.8 Å². The lowest BCUT2D eigenvalue weighted by Crippen LogP contribution is -2.42. The molecule has 0 bridgehead atoms. The zero-order valence-electron chi connectivity index (χ0n) is 12.1. The lowest BCUT2D eigenvalue weighted by molar-refractivity contribution is 0.319. The Morgan fingerprint density at radius 1 is 1.14 bits per heavy atom. The molecule has 1 aliphatic rings. The Kier molecular flexibility index (Phi) is 6.27. The van der Waals surface area contributed by atoms with Gasteiger partial charge in [-0.3, -0.25) is 0 Å². The van der Waals surface area contributed by atoms with Gasteiger partial charge in [0, 0.05) is 25.2 Å². The minimum Gasteiger partial charge on any atom is -0.493 e. The summed E-state index contributed by atoms with van der Waals surface area (Å²) in [6, 6.07) is 4.71. The summed E-state index contributed by atoms with van der Waals surface area (Å²) in [6.45, 7) is 0.912. The van der Waals surface area contributed by atoms with E-state index in [1.165, 1.54) is 30.7 Å². The van der Waals surface area contributed by atoms with Crippen molar-refractivity contribution in [2.75, 3.05) is 27.3 Å². The third-order valence-corrected chi connectivity index (χ3v) is 5.39. The highest BCUT2D eigenvalue weighted by atomic mass is 35.5. The fourth-order valence-electron chi connectivity index (χ4n) is 2.24. The van der Waals surface area contributed by atoms with Gasteiger partial charge in [0.1, 0.15) is 0 Å². The van der Waals surface area contributed by atoms with Crippen molar-refractivity contribution in [2.45, 2.75) is 23.8 Å². The first-order valence-electron chi connectivity index (χ1n) is 6.47. The second-order valence-electron chi connectivity index (χ2n) is 4.76. The number of sulfonamides is 1. The van der Waals surface area contributed by atoms with Crippen molar-refractivity contribution in [3.63, 3.8) is 0 Å². The van der Waals surface area contributed by atoms with Gasteiger partial charge in [0.05, 0.1) is 19.1 Å². The molecule has 1 fully saturated rings. The molecule has 1 aromatic rings. The van der Waals surface area contributed by atoms with Crippen LogP contribution in [-0.2, 0) is 10.0 Å². The van der Waals surface area contributed by atoms with Gasteiger partial charge < -0.3 is 15.2 Å². The van der Waals surface area contributed by atoms with E-state index in [9.17, 15) is 8.42 Å². The normalized spacial score (nSPS) is 17.1. The lowest BCUT2D eigenvalue weighted by atomic mass is 10.1. The Labute approximate surface area is 131 Å². The van der Waals surface area contributed by atoms with Crippen LogP contribution in [0.2, 0.25) is 0 Å². The number of nitrogens with zero attached hydrogens (tertiary/aromatic N) is 1. The van der Waals surface area contributed by atoms with E-state index in [0.717, 1.165) is 0 Å². The molecule has 0 aliphatic carbocycles. The molecule has 2 rings (SSSR count). The first-order valence-corrected chi connectivity index (χ1v) is 7.91. The van der Waals surface area contributed by atoms with Crippen LogP contribution in [0.3, 0.4) is 0 Å². The van der Waals surface area contributed by atoms with Crippen molar-refractivity contribution in [3.8, 4) is 11.5 Å². The van der Waals surface area contributed by atoms with Gasteiger partial charge in [-0.25, -0.2) is 8.42 Å². The second-order valence-corrected chi connectivity index (χ2v) is 6.70. The summed E-state index contributed by atoms with van der Waals surface area (Å²) in [7, 11) is -0.509. The molecule has 1 heterocycles. The number of benzene rings is 1. The van der Waals surface area contributed by atoms with Crippen LogP contribution < -0.4 is 15.2 Å². The summed E-state index contributed by atoms with van der Waals surface area (Å²) in [5, 5.41) is 0. The SMILES string of the molecule is COc1ccc(S(=O)(=O)N2CCC(N)CC2)cc1OC.Cl. The first kappa shape index (κ1) is 18.0. The fourth-order valence-corrected chi connectivity index (χ4v) is 3.73. The Morgan fingerprint density at radius 3 is 2.24 bits per heavy atom. The maximum absolute atomic E-state index is 12.6. The topological polar surface area (TPSA) is 81.9 Å². The van der Waals surface area contributed by atoms with E-state index in [2.05, 4.69) is 0 Å². The standard InChI is InChI=1S/C13H20N2O4S.ClH/c1-18-12-4-3-11(9-13(12)19-2)20(16,17)15-7-5-10(14)6-8-15;/h3-4,9-10H,5-8,14H2,1-2H3;1H. The van der Waals surface area contributed by atoms with Gasteiger partial charge in [0.25, 0.3) is 0 Å². The molecular weight excluding hydrogens is 316 g/mol. The summed E-state index contributed by atoms with van der Waals surface area (Å²) < 4.78 is 36.8. The third kappa shape index (κ3) is 3.79. The van der Waals surface area contributed by atoms with Gasteiger partial charge in [0.2, 0.25) is 10.0 Å². The van der Waals surface area contributed by atoms with Crippen molar-refractivity contribution in [1.29, 1.82) is 0 Å². The number of ether oxygens (including phenoxy) is 2. The number of rotatable bonds is 4. The van der Waals surface area contributed by atoms with Crippen molar-refractivity contribution in [1.82, 2.24) is 4.31 Å². The third-order valence-electron chi connectivity index (χ3n) is 3.49. The number of piperidine rings is 1. The van der Waals surface area contributed by atoms with E-state index < -0.39 is 10.0 Å². The molecule has 0 unspecified atom stereocenters. The molecule has 120 valence electrons. The average molecular weight is 337 g/mol. The highest BCUT2D eigenvalue weighted by Crippen LogP contribution is 2.31.